The number of phosphoric acid groups is 1. The van der Waals surface area contributed by atoms with E-state index in [1.165, 1.54) is 0 Å². The maximum Gasteiger partial charge on any atom is 0.482 e. The highest BCUT2D eigenvalue weighted by atomic mass is 32.7. The Bertz CT molecular complexity index is 1680. The molecule has 1 aromatic rings. The number of aliphatic hydroxyl groups excluding tert-OH is 2. The molecule has 0 radical (unpaired) electrons. The van der Waals surface area contributed by atoms with E-state index in [1.807, 2.05) is 0 Å². The molecule has 2 aliphatic heterocycles. The summed E-state index contributed by atoms with van der Waals surface area (Å²) in [5.74, 6) is -6.98. The first kappa shape index (κ1) is 41.5. The second-order valence-electron chi connectivity index (χ2n) is 10.5. The number of alkyl halides is 3. The highest BCUT2D eigenvalue weighted by Gasteiger charge is 2.66. The fourth-order valence-corrected chi connectivity index (χ4v) is 7.81. The largest absolute Gasteiger partial charge is 0.482 e. The average Bonchev–Trinajstić information content (AvgIpc) is 3.18. The van der Waals surface area contributed by atoms with Gasteiger partial charge >= 0.3 is 38.2 Å². The summed E-state index contributed by atoms with van der Waals surface area (Å²) in [6, 6.07) is 0.733. The first-order chi connectivity index (χ1) is 22.9. The number of rotatable bonds is 14. The van der Waals surface area contributed by atoms with Gasteiger partial charge in [-0.2, -0.15) is 4.31 Å². The van der Waals surface area contributed by atoms with Gasteiger partial charge in [-0.25, -0.2) is 27.1 Å². The van der Waals surface area contributed by atoms with E-state index in [9.17, 15) is 48.2 Å². The third-order valence-corrected chi connectivity index (χ3v) is 10.3. The van der Waals surface area contributed by atoms with Crippen molar-refractivity contribution in [2.24, 2.45) is 0 Å². The number of carbonyl (C=O) groups is 3. The second kappa shape index (κ2) is 15.8. The van der Waals surface area contributed by atoms with Crippen LogP contribution in [0.25, 0.3) is 0 Å². The minimum absolute atomic E-state index is 0.339. The lowest BCUT2D eigenvalue weighted by atomic mass is 9.95. The zero-order valence-corrected chi connectivity index (χ0v) is 28.5. The third-order valence-electron chi connectivity index (χ3n) is 6.76. The minimum Gasteiger partial charge on any atom is -0.463 e. The van der Waals surface area contributed by atoms with Crippen molar-refractivity contribution in [3.63, 3.8) is 0 Å². The number of aromatic amines is 1. The molecule has 4 N–H and O–H groups in total. The molecule has 2 aliphatic rings. The van der Waals surface area contributed by atoms with E-state index in [0.717, 1.165) is 26.8 Å². The van der Waals surface area contributed by atoms with Gasteiger partial charge in [0.1, 0.15) is 25.4 Å². The van der Waals surface area contributed by atoms with E-state index in [4.69, 9.17) is 23.5 Å². The van der Waals surface area contributed by atoms with E-state index in [0.29, 0.717) is 16.8 Å². The van der Waals surface area contributed by atoms with Gasteiger partial charge in [-0.15, -0.1) is 0 Å². The summed E-state index contributed by atoms with van der Waals surface area (Å²) in [6.45, 7) is -2.55. The number of carbonyl (C=O) groups excluding carboxylic acids is 3. The average molecular weight is 787 g/mol. The summed E-state index contributed by atoms with van der Waals surface area (Å²) in [7, 11) is -5.93. The first-order valence-corrected chi connectivity index (χ1v) is 18.0. The van der Waals surface area contributed by atoms with Gasteiger partial charge in [-0.1, -0.05) is 18.8 Å². The molecule has 0 aliphatic carbocycles. The Hall–Kier alpha value is -2.89. The van der Waals surface area contributed by atoms with Crippen LogP contribution in [0.2, 0.25) is 0 Å². The van der Waals surface area contributed by atoms with Gasteiger partial charge < -0.3 is 38.8 Å². The molecular weight excluding hydrogens is 755 g/mol. The smallest absolute Gasteiger partial charge is 0.463 e. The molecule has 0 amide bonds. The van der Waals surface area contributed by atoms with Crippen LogP contribution in [-0.2, 0) is 60.6 Å². The number of aromatic nitrogens is 2. The maximum atomic E-state index is 15.8. The van der Waals surface area contributed by atoms with Gasteiger partial charge in [0.25, 0.3) is 11.4 Å². The number of H-pyrrole nitrogens is 1. The van der Waals surface area contributed by atoms with Crippen molar-refractivity contribution in [1.29, 1.82) is 0 Å². The number of hydrogen-bond acceptors (Lipinski definition) is 17. The minimum atomic E-state index is -5.93. The molecule has 0 spiro atoms. The van der Waals surface area contributed by atoms with E-state index in [1.54, 1.807) is 4.98 Å². The lowest BCUT2D eigenvalue weighted by molar-refractivity contribution is -0.293. The third kappa shape index (κ3) is 9.70. The number of aliphatic hydroxyl groups is 2. The van der Waals surface area contributed by atoms with Crippen LogP contribution in [0.3, 0.4) is 0 Å². The van der Waals surface area contributed by atoms with Crippen molar-refractivity contribution in [1.82, 2.24) is 9.55 Å². The maximum absolute atomic E-state index is 15.8. The standard InChI is InChI=1S/C24H31F3N2O18P2S/c1-5-23(26)20(35)24(27,45-21(23)29-7-6-14(33)28-22(29)36)9-41-49(39,50)47-48(37,38)46-19-18(43-12(4)32)15(34)17(42-11(3)31)16(44-19)13(25)8-40-10(2)30/h5-7,13,15-21,34-35H,1,8-9H2,2-4H3,(H,37,38)(H,39,50)(H,28,33,36)/t13-,15?,16?,17?,18?,19?,20-,21+,23+,24+,49?/m0/s1. The van der Waals surface area contributed by atoms with Crippen LogP contribution in [0.1, 0.15) is 27.0 Å². The van der Waals surface area contributed by atoms with Crippen molar-refractivity contribution in [2.45, 2.75) is 81.5 Å². The molecule has 3 rings (SSSR count). The Balaban J connectivity index is 1.83. The van der Waals surface area contributed by atoms with E-state index in [-0.39, 0.29) is 0 Å². The molecule has 2 saturated heterocycles. The SMILES string of the molecule is C=C[C@]1(F)[C@H](n2ccc(=O)[nH]c2=O)O[C@](F)(COP(=O)(S)OP(=O)(O)OC2OC([C@@H](F)COC(C)=O)C(OC(C)=O)C(O)C2OC(C)=O)[C@H]1O. The van der Waals surface area contributed by atoms with Crippen LogP contribution >= 0.6 is 26.9 Å². The molecule has 0 bridgehead atoms. The zero-order valence-electron chi connectivity index (χ0n) is 25.9. The lowest BCUT2D eigenvalue weighted by Gasteiger charge is -2.43. The van der Waals surface area contributed by atoms with Crippen LogP contribution in [0.15, 0.2) is 34.5 Å². The molecule has 0 aromatic carbocycles. The summed E-state index contributed by atoms with van der Waals surface area (Å²) in [4.78, 5) is 70.3. The first-order valence-electron chi connectivity index (χ1n) is 13.8. The van der Waals surface area contributed by atoms with Gasteiger partial charge in [0.05, 0.1) is 0 Å². The number of nitrogens with one attached hydrogen (secondary N) is 1. The van der Waals surface area contributed by atoms with Crippen LogP contribution < -0.4 is 11.2 Å². The molecule has 26 heteroatoms. The highest BCUT2D eigenvalue weighted by molar-refractivity contribution is 8.45. The number of halogens is 3. The van der Waals surface area contributed by atoms with Crippen LogP contribution in [0.5, 0.6) is 0 Å². The zero-order chi connectivity index (χ0) is 38.0. The fraction of sp³-hybridized carbons (Fsp3) is 0.625. The topological polar surface area (TPSA) is 275 Å². The molecule has 7 unspecified atom stereocenters. The molecule has 3 heterocycles. The normalized spacial score (nSPS) is 34.1. The van der Waals surface area contributed by atoms with Crippen LogP contribution in [0, 0.1) is 0 Å². The van der Waals surface area contributed by atoms with Crippen molar-refractivity contribution in [2.75, 3.05) is 13.2 Å². The Labute approximate surface area is 283 Å². The predicted molar refractivity (Wildman–Crippen MR) is 157 cm³/mol. The van der Waals surface area contributed by atoms with Crippen LogP contribution in [-0.4, -0.2) is 110 Å². The van der Waals surface area contributed by atoms with E-state index >= 15 is 13.2 Å². The van der Waals surface area contributed by atoms with Gasteiger partial charge in [0.15, 0.2) is 30.7 Å². The number of thiol groups is 1. The summed E-state index contributed by atoms with van der Waals surface area (Å²) in [5.41, 5.74) is -5.55. The number of phosphoric ester groups is 1. The van der Waals surface area contributed by atoms with Crippen molar-refractivity contribution >= 4 is 44.8 Å². The molecule has 12 atom stereocenters. The molecule has 2 fully saturated rings. The molecule has 20 nitrogen and oxygen atoms in total. The lowest BCUT2D eigenvalue weighted by Crippen LogP contribution is -2.63. The summed E-state index contributed by atoms with van der Waals surface area (Å²) in [5, 5.41) is 21.3. The summed E-state index contributed by atoms with van der Waals surface area (Å²) >= 11 is 3.41. The number of nitrogens with zero attached hydrogens (tertiary/aromatic N) is 1. The van der Waals surface area contributed by atoms with Gasteiger partial charge in [-0.3, -0.25) is 37.8 Å². The van der Waals surface area contributed by atoms with Gasteiger partial charge in [-0.05, 0) is 6.08 Å². The number of esters is 3. The van der Waals surface area contributed by atoms with Crippen molar-refractivity contribution in [3.8, 4) is 0 Å². The van der Waals surface area contributed by atoms with Crippen molar-refractivity contribution in [3.05, 3.63) is 45.8 Å². The second-order valence-corrected chi connectivity index (χ2v) is 15.0. The Morgan fingerprint density at radius 2 is 1.74 bits per heavy atom. The quantitative estimate of drug-likeness (QED) is 0.0547. The summed E-state index contributed by atoms with van der Waals surface area (Å²) in [6.07, 6.45) is -17.7. The Morgan fingerprint density at radius 1 is 1.14 bits per heavy atom. The fourth-order valence-electron chi connectivity index (χ4n) is 4.65. The van der Waals surface area contributed by atoms with Gasteiger partial charge in [0.2, 0.25) is 12.0 Å². The Morgan fingerprint density at radius 3 is 2.28 bits per heavy atom. The van der Waals surface area contributed by atoms with Crippen molar-refractivity contribution < 1.29 is 88.8 Å². The predicted octanol–water partition coefficient (Wildman–Crippen LogP) is 0.0249. The molecule has 1 aromatic heterocycles. The van der Waals surface area contributed by atoms with E-state index < -0.39 is 118 Å². The highest BCUT2D eigenvalue weighted by Crippen LogP contribution is 2.67. The van der Waals surface area contributed by atoms with Gasteiger partial charge in [0, 0.05) is 33.0 Å². The molecular formula is C24H31F3N2O18P2S. The summed E-state index contributed by atoms with van der Waals surface area (Å²) < 4.78 is 111. The molecule has 282 valence electrons. The molecule has 50 heavy (non-hydrogen) atoms. The van der Waals surface area contributed by atoms with E-state index in [2.05, 4.69) is 32.4 Å². The Kier molecular flexibility index (Phi) is 13.1. The number of hydrogen-bond donors (Lipinski definition) is 5. The molecule has 0 saturated carbocycles. The number of ether oxygens (including phenoxy) is 5. The monoisotopic (exact) mass is 786 g/mol. The van der Waals surface area contributed by atoms with Crippen LogP contribution in [0.4, 0.5) is 13.2 Å².